The summed E-state index contributed by atoms with van der Waals surface area (Å²) in [6.45, 7) is 0. The smallest absolute Gasteiger partial charge is 0.316 e. The predicted octanol–water partition coefficient (Wildman–Crippen LogP) is 2.08. The van der Waals surface area contributed by atoms with Crippen LogP contribution < -0.4 is 5.32 Å². The van der Waals surface area contributed by atoms with Crippen LogP contribution in [-0.4, -0.2) is 19.3 Å². The van der Waals surface area contributed by atoms with Crippen molar-refractivity contribution in [3.8, 4) is 6.07 Å². The first-order chi connectivity index (χ1) is 6.49. The van der Waals surface area contributed by atoms with Gasteiger partial charge in [-0.2, -0.15) is 18.4 Å². The van der Waals surface area contributed by atoms with Crippen molar-refractivity contribution in [2.75, 3.05) is 7.05 Å². The normalized spacial score (nSPS) is 33.8. The van der Waals surface area contributed by atoms with Gasteiger partial charge < -0.3 is 5.32 Å². The molecule has 0 spiro atoms. The van der Waals surface area contributed by atoms with E-state index in [-0.39, 0.29) is 6.42 Å². The quantitative estimate of drug-likeness (QED) is 0.713. The van der Waals surface area contributed by atoms with Crippen molar-refractivity contribution in [3.05, 3.63) is 0 Å². The van der Waals surface area contributed by atoms with Gasteiger partial charge in [-0.05, 0) is 26.3 Å². The lowest BCUT2D eigenvalue weighted by Crippen LogP contribution is -2.45. The lowest BCUT2D eigenvalue weighted by atomic mass is 9.78. The Morgan fingerprint density at radius 1 is 1.36 bits per heavy atom. The van der Waals surface area contributed by atoms with E-state index in [0.717, 1.165) is 0 Å². The van der Waals surface area contributed by atoms with Crippen LogP contribution in [0.5, 0.6) is 0 Å². The molecule has 0 aromatic carbocycles. The summed E-state index contributed by atoms with van der Waals surface area (Å²) in [5.41, 5.74) is 0. The minimum atomic E-state index is -4.19. The van der Waals surface area contributed by atoms with Crippen molar-refractivity contribution in [2.45, 2.75) is 31.5 Å². The minimum absolute atomic E-state index is 0.0640. The first kappa shape index (κ1) is 11.3. The maximum absolute atomic E-state index is 12.5. The van der Waals surface area contributed by atoms with Crippen molar-refractivity contribution in [1.82, 2.24) is 5.32 Å². The third-order valence-corrected chi connectivity index (χ3v) is 2.82. The molecule has 3 unspecified atom stereocenters. The Hall–Kier alpha value is -0.760. The molecular formula is C9H13F3N2. The highest BCUT2D eigenvalue weighted by Gasteiger charge is 2.47. The minimum Gasteiger partial charge on any atom is -0.316 e. The SMILES string of the molecule is CNC1CCC(C#N)CC1C(F)(F)F. The predicted molar refractivity (Wildman–Crippen MR) is 45.3 cm³/mol. The van der Waals surface area contributed by atoms with E-state index in [0.29, 0.717) is 12.8 Å². The molecule has 0 aromatic heterocycles. The van der Waals surface area contributed by atoms with Crippen LogP contribution in [0.25, 0.3) is 0 Å². The van der Waals surface area contributed by atoms with Crippen LogP contribution in [0.2, 0.25) is 0 Å². The van der Waals surface area contributed by atoms with Crippen molar-refractivity contribution < 1.29 is 13.2 Å². The van der Waals surface area contributed by atoms with Crippen LogP contribution in [0.15, 0.2) is 0 Å². The monoisotopic (exact) mass is 206 g/mol. The molecule has 1 saturated carbocycles. The van der Waals surface area contributed by atoms with Crippen LogP contribution in [0.3, 0.4) is 0 Å². The average molecular weight is 206 g/mol. The maximum Gasteiger partial charge on any atom is 0.393 e. The number of halogens is 3. The topological polar surface area (TPSA) is 35.8 Å². The Morgan fingerprint density at radius 2 is 2.00 bits per heavy atom. The molecule has 1 N–H and O–H groups in total. The highest BCUT2D eigenvalue weighted by molar-refractivity contribution is 4.95. The second-order valence-corrected chi connectivity index (χ2v) is 3.68. The van der Waals surface area contributed by atoms with E-state index in [4.69, 9.17) is 5.26 Å². The molecule has 0 aromatic rings. The summed E-state index contributed by atoms with van der Waals surface area (Å²) in [5, 5.41) is 11.3. The summed E-state index contributed by atoms with van der Waals surface area (Å²) in [7, 11) is 1.54. The van der Waals surface area contributed by atoms with E-state index in [1.807, 2.05) is 6.07 Å². The Labute approximate surface area is 81.1 Å². The molecule has 0 heterocycles. The third kappa shape index (κ3) is 2.38. The van der Waals surface area contributed by atoms with Gasteiger partial charge in [-0.3, -0.25) is 0 Å². The van der Waals surface area contributed by atoms with Gasteiger partial charge in [0.25, 0.3) is 0 Å². The zero-order chi connectivity index (χ0) is 10.8. The summed E-state index contributed by atoms with van der Waals surface area (Å²) in [5.74, 6) is -1.81. The molecule has 1 aliphatic carbocycles. The molecule has 0 radical (unpaired) electrons. The number of rotatable bonds is 1. The van der Waals surface area contributed by atoms with Gasteiger partial charge in [0.05, 0.1) is 12.0 Å². The van der Waals surface area contributed by atoms with Gasteiger partial charge in [-0.1, -0.05) is 0 Å². The van der Waals surface area contributed by atoms with Crippen LogP contribution in [-0.2, 0) is 0 Å². The molecule has 0 saturated heterocycles. The maximum atomic E-state index is 12.5. The van der Waals surface area contributed by atoms with E-state index in [2.05, 4.69) is 5.32 Å². The van der Waals surface area contributed by atoms with Gasteiger partial charge in [0.2, 0.25) is 0 Å². The molecule has 5 heteroatoms. The molecule has 3 atom stereocenters. The number of nitriles is 1. The molecule has 14 heavy (non-hydrogen) atoms. The summed E-state index contributed by atoms with van der Waals surface area (Å²) < 4.78 is 37.6. The Morgan fingerprint density at radius 3 is 2.43 bits per heavy atom. The van der Waals surface area contributed by atoms with E-state index in [9.17, 15) is 13.2 Å². The number of nitrogens with zero attached hydrogens (tertiary/aromatic N) is 1. The molecule has 80 valence electrons. The van der Waals surface area contributed by atoms with Gasteiger partial charge in [0.1, 0.15) is 0 Å². The van der Waals surface area contributed by atoms with Gasteiger partial charge in [-0.25, -0.2) is 0 Å². The first-order valence-corrected chi connectivity index (χ1v) is 4.62. The highest BCUT2D eigenvalue weighted by atomic mass is 19.4. The lowest BCUT2D eigenvalue weighted by molar-refractivity contribution is -0.190. The second kappa shape index (κ2) is 4.18. The molecule has 1 aliphatic rings. The standard InChI is InChI=1S/C9H13F3N2/c1-14-8-3-2-6(5-13)4-7(8)9(10,11)12/h6-8,14H,2-4H2,1H3. The van der Waals surface area contributed by atoms with Gasteiger partial charge in [0.15, 0.2) is 0 Å². The fourth-order valence-electron chi connectivity index (χ4n) is 2.00. The van der Waals surface area contributed by atoms with E-state index >= 15 is 0 Å². The Kier molecular flexibility index (Phi) is 3.38. The van der Waals surface area contributed by atoms with E-state index < -0.39 is 24.1 Å². The van der Waals surface area contributed by atoms with Crippen LogP contribution in [0, 0.1) is 23.2 Å². The molecule has 0 amide bonds. The van der Waals surface area contributed by atoms with Crippen molar-refractivity contribution in [1.29, 1.82) is 5.26 Å². The lowest BCUT2D eigenvalue weighted by Gasteiger charge is -2.34. The van der Waals surface area contributed by atoms with Crippen LogP contribution >= 0.6 is 0 Å². The van der Waals surface area contributed by atoms with Gasteiger partial charge in [0, 0.05) is 12.0 Å². The Bertz CT molecular complexity index is 231. The van der Waals surface area contributed by atoms with Gasteiger partial charge >= 0.3 is 6.18 Å². The second-order valence-electron chi connectivity index (χ2n) is 3.68. The zero-order valence-electron chi connectivity index (χ0n) is 7.93. The van der Waals surface area contributed by atoms with Crippen molar-refractivity contribution >= 4 is 0 Å². The summed E-state index contributed by atoms with van der Waals surface area (Å²) >= 11 is 0. The molecule has 1 rings (SSSR count). The summed E-state index contributed by atoms with van der Waals surface area (Å²) in [6.07, 6.45) is -3.26. The Balaban J connectivity index is 2.71. The average Bonchev–Trinajstić information content (AvgIpc) is 2.15. The number of nitrogens with one attached hydrogen (secondary N) is 1. The van der Waals surface area contributed by atoms with Crippen LogP contribution in [0.4, 0.5) is 13.2 Å². The molecule has 1 fully saturated rings. The van der Waals surface area contributed by atoms with Crippen LogP contribution in [0.1, 0.15) is 19.3 Å². The zero-order valence-corrected chi connectivity index (χ0v) is 7.93. The number of alkyl halides is 3. The fraction of sp³-hybridized carbons (Fsp3) is 0.889. The molecular weight excluding hydrogens is 193 g/mol. The first-order valence-electron chi connectivity index (χ1n) is 4.62. The number of hydrogen-bond acceptors (Lipinski definition) is 2. The molecule has 0 aliphatic heterocycles. The summed E-state index contributed by atoms with van der Waals surface area (Å²) in [6, 6.07) is 1.39. The number of hydrogen-bond donors (Lipinski definition) is 1. The third-order valence-electron chi connectivity index (χ3n) is 2.82. The molecule has 2 nitrogen and oxygen atoms in total. The van der Waals surface area contributed by atoms with Gasteiger partial charge in [-0.15, -0.1) is 0 Å². The highest BCUT2D eigenvalue weighted by Crippen LogP contribution is 2.39. The summed E-state index contributed by atoms with van der Waals surface area (Å²) in [4.78, 5) is 0. The van der Waals surface area contributed by atoms with Crippen molar-refractivity contribution in [3.63, 3.8) is 0 Å². The van der Waals surface area contributed by atoms with Crippen molar-refractivity contribution in [2.24, 2.45) is 11.8 Å². The fourth-order valence-corrected chi connectivity index (χ4v) is 2.00. The largest absolute Gasteiger partial charge is 0.393 e. The van der Waals surface area contributed by atoms with E-state index in [1.54, 1.807) is 0 Å². The van der Waals surface area contributed by atoms with E-state index in [1.165, 1.54) is 7.05 Å². The molecule has 0 bridgehead atoms.